The lowest BCUT2D eigenvalue weighted by Crippen LogP contribution is -2.50. The van der Waals surface area contributed by atoms with Gasteiger partial charge in [-0.3, -0.25) is 4.79 Å². The topological polar surface area (TPSA) is 103 Å². The summed E-state index contributed by atoms with van der Waals surface area (Å²) in [5.74, 6) is 0.612. The molecule has 0 saturated heterocycles. The maximum Gasteiger partial charge on any atom is 0.315 e. The summed E-state index contributed by atoms with van der Waals surface area (Å²) in [6.45, 7) is 0.347. The zero-order valence-electron chi connectivity index (χ0n) is 14.1. The van der Waals surface area contributed by atoms with Gasteiger partial charge in [0.2, 0.25) is 5.91 Å². The molecule has 3 amide bonds. The van der Waals surface area contributed by atoms with Gasteiger partial charge in [0.1, 0.15) is 0 Å². The van der Waals surface area contributed by atoms with Gasteiger partial charge in [-0.05, 0) is 30.5 Å². The molecule has 1 aliphatic rings. The van der Waals surface area contributed by atoms with Gasteiger partial charge in [0.15, 0.2) is 11.5 Å². The van der Waals surface area contributed by atoms with Crippen LogP contribution < -0.4 is 25.8 Å². The fraction of sp³-hybridized carbons (Fsp3) is 0.529. The van der Waals surface area contributed by atoms with Crippen LogP contribution in [-0.2, 0) is 11.3 Å². The summed E-state index contributed by atoms with van der Waals surface area (Å²) in [6.07, 6.45) is 3.47. The zero-order valence-corrected chi connectivity index (χ0v) is 14.1. The lowest BCUT2D eigenvalue weighted by Gasteiger charge is -2.29. The Balaban J connectivity index is 1.89. The Morgan fingerprint density at radius 3 is 2.54 bits per heavy atom. The Morgan fingerprint density at radius 2 is 1.88 bits per heavy atom. The maximum atomic E-state index is 12.1. The van der Waals surface area contributed by atoms with Gasteiger partial charge in [0.05, 0.1) is 20.1 Å². The van der Waals surface area contributed by atoms with Gasteiger partial charge in [-0.1, -0.05) is 18.9 Å². The number of primary amides is 1. The number of hydrogen-bond donors (Lipinski definition) is 3. The SMILES string of the molecule is COc1ccc(CNC(=O)N[C@H]2CCCC[C@H]2C(N)=O)cc1OC. The molecule has 132 valence electrons. The maximum absolute atomic E-state index is 12.1. The number of urea groups is 1. The van der Waals surface area contributed by atoms with Crippen LogP contribution in [0.3, 0.4) is 0 Å². The molecule has 0 aromatic heterocycles. The number of nitrogens with one attached hydrogen (secondary N) is 2. The molecule has 1 aliphatic carbocycles. The first-order valence-corrected chi connectivity index (χ1v) is 8.09. The fourth-order valence-electron chi connectivity index (χ4n) is 3.04. The molecule has 4 N–H and O–H groups in total. The highest BCUT2D eigenvalue weighted by atomic mass is 16.5. The number of hydrogen-bond acceptors (Lipinski definition) is 4. The van der Waals surface area contributed by atoms with Crippen LogP contribution in [0.2, 0.25) is 0 Å². The second-order valence-electron chi connectivity index (χ2n) is 5.92. The smallest absolute Gasteiger partial charge is 0.315 e. The minimum atomic E-state index is -0.347. The van der Waals surface area contributed by atoms with Gasteiger partial charge in [-0.25, -0.2) is 4.79 Å². The molecule has 0 heterocycles. The molecule has 0 radical (unpaired) electrons. The first-order chi connectivity index (χ1) is 11.5. The van der Waals surface area contributed by atoms with Crippen LogP contribution in [0.4, 0.5) is 4.79 Å². The van der Waals surface area contributed by atoms with Gasteiger partial charge in [-0.2, -0.15) is 0 Å². The van der Waals surface area contributed by atoms with E-state index in [1.165, 1.54) is 0 Å². The van der Waals surface area contributed by atoms with Crippen molar-refractivity contribution in [2.75, 3.05) is 14.2 Å². The van der Waals surface area contributed by atoms with Crippen molar-refractivity contribution < 1.29 is 19.1 Å². The zero-order chi connectivity index (χ0) is 17.5. The average Bonchev–Trinajstić information content (AvgIpc) is 2.59. The molecule has 2 rings (SSSR count). The lowest BCUT2D eigenvalue weighted by molar-refractivity contribution is -0.123. The van der Waals surface area contributed by atoms with E-state index < -0.39 is 0 Å². The van der Waals surface area contributed by atoms with Gasteiger partial charge < -0.3 is 25.8 Å². The van der Waals surface area contributed by atoms with Gasteiger partial charge >= 0.3 is 6.03 Å². The Bertz CT molecular complexity index is 591. The van der Waals surface area contributed by atoms with Gasteiger partial charge in [0, 0.05) is 12.6 Å². The number of nitrogens with two attached hydrogens (primary N) is 1. The quantitative estimate of drug-likeness (QED) is 0.734. The molecule has 0 unspecified atom stereocenters. The molecule has 0 aliphatic heterocycles. The molecule has 1 aromatic rings. The molecule has 7 heteroatoms. The largest absolute Gasteiger partial charge is 0.493 e. The van der Waals surface area contributed by atoms with E-state index in [0.29, 0.717) is 18.0 Å². The summed E-state index contributed by atoms with van der Waals surface area (Å²) >= 11 is 0. The van der Waals surface area contributed by atoms with Crippen molar-refractivity contribution in [2.45, 2.75) is 38.3 Å². The van der Waals surface area contributed by atoms with Crippen molar-refractivity contribution in [3.63, 3.8) is 0 Å². The van der Waals surface area contributed by atoms with Crippen molar-refractivity contribution in [2.24, 2.45) is 11.7 Å². The van der Waals surface area contributed by atoms with Crippen LogP contribution in [0, 0.1) is 5.92 Å². The molecule has 0 bridgehead atoms. The molecular formula is C17H25N3O4. The Kier molecular flexibility index (Phi) is 6.28. The van der Waals surface area contributed by atoms with Gasteiger partial charge in [-0.15, -0.1) is 0 Å². The van der Waals surface area contributed by atoms with E-state index in [2.05, 4.69) is 10.6 Å². The molecule has 0 spiro atoms. The molecule has 1 fully saturated rings. The number of ether oxygens (including phenoxy) is 2. The second-order valence-corrected chi connectivity index (χ2v) is 5.92. The van der Waals surface area contributed by atoms with Crippen LogP contribution in [0.15, 0.2) is 18.2 Å². The summed E-state index contributed by atoms with van der Waals surface area (Å²) < 4.78 is 10.4. The van der Waals surface area contributed by atoms with E-state index in [1.54, 1.807) is 20.3 Å². The average molecular weight is 335 g/mol. The van der Waals surface area contributed by atoms with E-state index in [4.69, 9.17) is 15.2 Å². The molecule has 7 nitrogen and oxygen atoms in total. The molecule has 24 heavy (non-hydrogen) atoms. The summed E-state index contributed by atoms with van der Waals surface area (Å²) in [5.41, 5.74) is 6.31. The van der Waals surface area contributed by atoms with Crippen LogP contribution in [0.1, 0.15) is 31.2 Å². The Hall–Kier alpha value is -2.44. The van der Waals surface area contributed by atoms with Crippen LogP contribution in [0.25, 0.3) is 0 Å². The minimum absolute atomic E-state index is 0.193. The number of carbonyl (C=O) groups is 2. The summed E-state index contributed by atoms with van der Waals surface area (Å²) in [4.78, 5) is 23.6. The predicted molar refractivity (Wildman–Crippen MR) is 89.9 cm³/mol. The number of carbonyl (C=O) groups excluding carboxylic acids is 2. The van der Waals surface area contributed by atoms with Crippen molar-refractivity contribution in [1.82, 2.24) is 10.6 Å². The van der Waals surface area contributed by atoms with Crippen LogP contribution >= 0.6 is 0 Å². The first-order valence-electron chi connectivity index (χ1n) is 8.09. The van der Waals surface area contributed by atoms with Crippen LogP contribution in [-0.4, -0.2) is 32.2 Å². The Labute approximate surface area is 141 Å². The second kappa shape index (κ2) is 8.42. The normalized spacial score (nSPS) is 20.1. The number of amides is 3. The van der Waals surface area contributed by atoms with Crippen molar-refractivity contribution in [3.05, 3.63) is 23.8 Å². The van der Waals surface area contributed by atoms with E-state index in [1.807, 2.05) is 12.1 Å². The number of benzene rings is 1. The van der Waals surface area contributed by atoms with E-state index in [9.17, 15) is 9.59 Å². The summed E-state index contributed by atoms with van der Waals surface area (Å²) in [5, 5.41) is 5.66. The minimum Gasteiger partial charge on any atom is -0.493 e. The fourth-order valence-corrected chi connectivity index (χ4v) is 3.04. The molecule has 1 aromatic carbocycles. The van der Waals surface area contributed by atoms with E-state index in [-0.39, 0.29) is 23.9 Å². The van der Waals surface area contributed by atoms with E-state index >= 15 is 0 Å². The standard InChI is InChI=1S/C17H25N3O4/c1-23-14-8-7-11(9-15(14)24-2)10-19-17(22)20-13-6-4-3-5-12(13)16(18)21/h7-9,12-13H,3-6,10H2,1-2H3,(H2,18,21)(H2,19,20,22)/t12-,13+/m1/s1. The number of methoxy groups -OCH3 is 2. The lowest BCUT2D eigenvalue weighted by atomic mass is 9.84. The Morgan fingerprint density at radius 1 is 1.17 bits per heavy atom. The van der Waals surface area contributed by atoms with Crippen molar-refractivity contribution in [1.29, 1.82) is 0 Å². The highest BCUT2D eigenvalue weighted by molar-refractivity contribution is 5.80. The summed E-state index contributed by atoms with van der Waals surface area (Å²) in [7, 11) is 3.14. The monoisotopic (exact) mass is 335 g/mol. The van der Waals surface area contributed by atoms with Gasteiger partial charge in [0.25, 0.3) is 0 Å². The van der Waals surface area contributed by atoms with E-state index in [0.717, 1.165) is 31.2 Å². The third-order valence-corrected chi connectivity index (χ3v) is 4.35. The van der Waals surface area contributed by atoms with Crippen molar-refractivity contribution >= 4 is 11.9 Å². The van der Waals surface area contributed by atoms with Crippen LogP contribution in [0.5, 0.6) is 11.5 Å². The predicted octanol–water partition coefficient (Wildman–Crippen LogP) is 1.55. The molecule has 1 saturated carbocycles. The third kappa shape index (κ3) is 4.53. The molecule has 2 atom stereocenters. The summed E-state index contributed by atoms with van der Waals surface area (Å²) in [6, 6.07) is 4.96. The molecular weight excluding hydrogens is 310 g/mol. The highest BCUT2D eigenvalue weighted by Gasteiger charge is 2.30. The highest BCUT2D eigenvalue weighted by Crippen LogP contribution is 2.27. The third-order valence-electron chi connectivity index (χ3n) is 4.35. The number of rotatable bonds is 6. The van der Waals surface area contributed by atoms with Crippen molar-refractivity contribution in [3.8, 4) is 11.5 Å². The first kappa shape index (κ1) is 17.9.